The SMILES string of the molecule is C=CCOC(=O)C1CC(O)CCO1. The molecule has 0 aromatic heterocycles. The highest BCUT2D eigenvalue weighted by molar-refractivity contribution is 5.74. The van der Waals surface area contributed by atoms with E-state index in [1.54, 1.807) is 0 Å². The molecule has 0 aliphatic carbocycles. The van der Waals surface area contributed by atoms with E-state index in [-0.39, 0.29) is 6.61 Å². The quantitative estimate of drug-likeness (QED) is 0.507. The summed E-state index contributed by atoms with van der Waals surface area (Å²) in [6.07, 6.45) is 1.36. The van der Waals surface area contributed by atoms with Crippen LogP contribution in [0.2, 0.25) is 0 Å². The topological polar surface area (TPSA) is 55.8 Å². The second kappa shape index (κ2) is 4.99. The van der Waals surface area contributed by atoms with Crippen molar-refractivity contribution in [3.05, 3.63) is 12.7 Å². The van der Waals surface area contributed by atoms with Gasteiger partial charge in [-0.1, -0.05) is 12.7 Å². The molecule has 2 atom stereocenters. The Bertz CT molecular complexity index is 190. The van der Waals surface area contributed by atoms with E-state index < -0.39 is 18.2 Å². The molecule has 1 aliphatic heterocycles. The number of carbonyl (C=O) groups excluding carboxylic acids is 1. The Morgan fingerprint density at radius 3 is 3.15 bits per heavy atom. The highest BCUT2D eigenvalue weighted by Gasteiger charge is 2.27. The Labute approximate surface area is 77.1 Å². The van der Waals surface area contributed by atoms with Crippen LogP contribution < -0.4 is 0 Å². The molecule has 0 amide bonds. The summed E-state index contributed by atoms with van der Waals surface area (Å²) in [5, 5.41) is 9.25. The number of rotatable bonds is 3. The molecule has 0 saturated carbocycles. The van der Waals surface area contributed by atoms with Gasteiger partial charge in [0, 0.05) is 6.42 Å². The lowest BCUT2D eigenvalue weighted by molar-refractivity contribution is -0.162. The summed E-state index contributed by atoms with van der Waals surface area (Å²) in [6.45, 7) is 4.03. The molecule has 1 aliphatic rings. The maximum atomic E-state index is 11.2. The van der Waals surface area contributed by atoms with E-state index in [4.69, 9.17) is 9.47 Å². The number of hydrogen-bond acceptors (Lipinski definition) is 4. The molecule has 0 radical (unpaired) electrons. The lowest BCUT2D eigenvalue weighted by atomic mass is 10.1. The minimum atomic E-state index is -0.608. The molecule has 1 heterocycles. The number of ether oxygens (including phenoxy) is 2. The molecule has 0 aromatic rings. The number of esters is 1. The summed E-state index contributed by atoms with van der Waals surface area (Å²) in [4.78, 5) is 11.2. The average Bonchev–Trinajstić information content (AvgIpc) is 2.14. The van der Waals surface area contributed by atoms with Crippen LogP contribution in [0.15, 0.2) is 12.7 Å². The van der Waals surface area contributed by atoms with Crippen LogP contribution >= 0.6 is 0 Å². The van der Waals surface area contributed by atoms with Crippen molar-refractivity contribution in [2.45, 2.75) is 25.0 Å². The Hall–Kier alpha value is -0.870. The van der Waals surface area contributed by atoms with E-state index in [0.29, 0.717) is 19.4 Å². The fourth-order valence-electron chi connectivity index (χ4n) is 1.18. The molecule has 0 bridgehead atoms. The van der Waals surface area contributed by atoms with Gasteiger partial charge < -0.3 is 14.6 Å². The second-order valence-corrected chi connectivity index (χ2v) is 2.96. The first kappa shape index (κ1) is 10.2. The van der Waals surface area contributed by atoms with Gasteiger partial charge in [-0.25, -0.2) is 4.79 Å². The minimum Gasteiger partial charge on any atom is -0.460 e. The maximum Gasteiger partial charge on any atom is 0.335 e. The molecule has 1 N–H and O–H groups in total. The molecule has 4 nitrogen and oxygen atoms in total. The zero-order valence-electron chi connectivity index (χ0n) is 7.44. The molecule has 1 saturated heterocycles. The van der Waals surface area contributed by atoms with Crippen LogP contribution in [0.3, 0.4) is 0 Å². The third-order valence-electron chi connectivity index (χ3n) is 1.86. The van der Waals surface area contributed by atoms with E-state index in [1.807, 2.05) is 0 Å². The van der Waals surface area contributed by atoms with Crippen LogP contribution in [-0.4, -0.2) is 36.5 Å². The van der Waals surface area contributed by atoms with Gasteiger partial charge >= 0.3 is 5.97 Å². The zero-order chi connectivity index (χ0) is 9.68. The molecule has 1 rings (SSSR count). The predicted octanol–water partition coefficient (Wildman–Crippen LogP) is 0.255. The molecule has 74 valence electrons. The molecular formula is C9H14O4. The van der Waals surface area contributed by atoms with Gasteiger partial charge in [-0.05, 0) is 6.42 Å². The number of hydrogen-bond donors (Lipinski definition) is 1. The van der Waals surface area contributed by atoms with Crippen molar-refractivity contribution in [3.8, 4) is 0 Å². The summed E-state index contributed by atoms with van der Waals surface area (Å²) < 4.78 is 9.92. The standard InChI is InChI=1S/C9H14O4/c1-2-4-13-9(11)8-6-7(10)3-5-12-8/h2,7-8,10H,1,3-6H2. The smallest absolute Gasteiger partial charge is 0.335 e. The van der Waals surface area contributed by atoms with E-state index in [9.17, 15) is 9.90 Å². The molecule has 2 unspecified atom stereocenters. The Balaban J connectivity index is 2.32. The number of carbonyl (C=O) groups is 1. The summed E-state index contributed by atoms with van der Waals surface area (Å²) in [7, 11) is 0. The van der Waals surface area contributed by atoms with Crippen LogP contribution in [0.1, 0.15) is 12.8 Å². The average molecular weight is 186 g/mol. The summed E-state index contributed by atoms with van der Waals surface area (Å²) in [5.74, 6) is -0.418. The van der Waals surface area contributed by atoms with Crippen molar-refractivity contribution in [2.75, 3.05) is 13.2 Å². The van der Waals surface area contributed by atoms with Crippen LogP contribution in [0, 0.1) is 0 Å². The number of aliphatic hydroxyl groups is 1. The van der Waals surface area contributed by atoms with Gasteiger partial charge in [0.05, 0.1) is 12.7 Å². The van der Waals surface area contributed by atoms with Gasteiger partial charge in [-0.3, -0.25) is 0 Å². The normalized spacial score (nSPS) is 28.1. The van der Waals surface area contributed by atoms with E-state index in [2.05, 4.69) is 6.58 Å². The molecule has 0 aromatic carbocycles. The van der Waals surface area contributed by atoms with Gasteiger partial charge in [-0.2, -0.15) is 0 Å². The lowest BCUT2D eigenvalue weighted by Crippen LogP contribution is -2.36. The first-order chi connectivity index (χ1) is 6.24. The fraction of sp³-hybridized carbons (Fsp3) is 0.667. The van der Waals surface area contributed by atoms with Crippen molar-refractivity contribution in [1.29, 1.82) is 0 Å². The van der Waals surface area contributed by atoms with Gasteiger partial charge in [0.1, 0.15) is 6.61 Å². The van der Waals surface area contributed by atoms with Gasteiger partial charge in [0.25, 0.3) is 0 Å². The summed E-state index contributed by atoms with van der Waals surface area (Å²) in [5.41, 5.74) is 0. The van der Waals surface area contributed by atoms with Crippen molar-refractivity contribution in [3.63, 3.8) is 0 Å². The van der Waals surface area contributed by atoms with Crippen LogP contribution in [0.5, 0.6) is 0 Å². The van der Waals surface area contributed by atoms with Crippen molar-refractivity contribution in [2.24, 2.45) is 0 Å². The largest absolute Gasteiger partial charge is 0.460 e. The van der Waals surface area contributed by atoms with Crippen LogP contribution in [0.25, 0.3) is 0 Å². The van der Waals surface area contributed by atoms with Gasteiger partial charge in [0.2, 0.25) is 0 Å². The van der Waals surface area contributed by atoms with Gasteiger partial charge in [0.15, 0.2) is 6.10 Å². The zero-order valence-corrected chi connectivity index (χ0v) is 7.44. The Kier molecular flexibility index (Phi) is 3.92. The van der Waals surface area contributed by atoms with Crippen LogP contribution in [-0.2, 0) is 14.3 Å². The first-order valence-electron chi connectivity index (χ1n) is 4.31. The second-order valence-electron chi connectivity index (χ2n) is 2.96. The number of aliphatic hydroxyl groups excluding tert-OH is 1. The van der Waals surface area contributed by atoms with Gasteiger partial charge in [-0.15, -0.1) is 0 Å². The first-order valence-corrected chi connectivity index (χ1v) is 4.31. The fourth-order valence-corrected chi connectivity index (χ4v) is 1.18. The molecular weight excluding hydrogens is 172 g/mol. The molecule has 4 heteroatoms. The third kappa shape index (κ3) is 3.16. The minimum absolute atomic E-state index is 0.189. The highest BCUT2D eigenvalue weighted by Crippen LogP contribution is 2.14. The molecule has 0 spiro atoms. The summed E-state index contributed by atoms with van der Waals surface area (Å²) >= 11 is 0. The van der Waals surface area contributed by atoms with Crippen LogP contribution in [0.4, 0.5) is 0 Å². The van der Waals surface area contributed by atoms with E-state index >= 15 is 0 Å². The predicted molar refractivity (Wildman–Crippen MR) is 46.1 cm³/mol. The lowest BCUT2D eigenvalue weighted by Gasteiger charge is -2.24. The monoisotopic (exact) mass is 186 g/mol. The Morgan fingerprint density at radius 1 is 1.77 bits per heavy atom. The van der Waals surface area contributed by atoms with Crippen molar-refractivity contribution >= 4 is 5.97 Å². The third-order valence-corrected chi connectivity index (χ3v) is 1.86. The Morgan fingerprint density at radius 2 is 2.54 bits per heavy atom. The van der Waals surface area contributed by atoms with E-state index in [1.165, 1.54) is 6.08 Å². The molecule has 1 fully saturated rings. The molecule has 13 heavy (non-hydrogen) atoms. The van der Waals surface area contributed by atoms with Crippen molar-refractivity contribution in [1.82, 2.24) is 0 Å². The van der Waals surface area contributed by atoms with Crippen molar-refractivity contribution < 1.29 is 19.4 Å². The maximum absolute atomic E-state index is 11.2. The highest BCUT2D eigenvalue weighted by atomic mass is 16.6. The summed E-state index contributed by atoms with van der Waals surface area (Å²) in [6, 6.07) is 0. The van der Waals surface area contributed by atoms with E-state index in [0.717, 1.165) is 0 Å².